The summed E-state index contributed by atoms with van der Waals surface area (Å²) in [4.78, 5) is 10.1. The van der Waals surface area contributed by atoms with E-state index in [-0.39, 0.29) is 11.0 Å². The molecule has 1 unspecified atom stereocenters. The van der Waals surface area contributed by atoms with E-state index in [4.69, 9.17) is 21.4 Å². The monoisotopic (exact) mass is 259 g/mol. The summed E-state index contributed by atoms with van der Waals surface area (Å²) in [5.74, 6) is 0.789. The van der Waals surface area contributed by atoms with E-state index < -0.39 is 12.7 Å². The van der Waals surface area contributed by atoms with Crippen LogP contribution >= 0.6 is 11.6 Å². The van der Waals surface area contributed by atoms with Crippen LogP contribution in [0, 0.1) is 0 Å². The third-order valence-corrected chi connectivity index (χ3v) is 2.70. The number of ether oxygens (including phenoxy) is 1. The van der Waals surface area contributed by atoms with Crippen molar-refractivity contribution in [2.45, 2.75) is 6.10 Å². The summed E-state index contributed by atoms with van der Waals surface area (Å²) in [6.07, 6.45) is -1.10. The summed E-state index contributed by atoms with van der Waals surface area (Å²) >= 11 is 5.87. The first-order valence-corrected chi connectivity index (χ1v) is 5.74. The third kappa shape index (κ3) is 3.04. The fourth-order valence-corrected chi connectivity index (χ4v) is 1.79. The summed E-state index contributed by atoms with van der Waals surface area (Å²) in [7, 11) is 0. The van der Waals surface area contributed by atoms with Crippen molar-refractivity contribution >= 4 is 17.4 Å². The molecule has 1 atom stereocenters. The van der Waals surface area contributed by atoms with Crippen LogP contribution in [0.5, 0.6) is 0 Å². The van der Waals surface area contributed by atoms with Crippen molar-refractivity contribution in [2.24, 2.45) is 0 Å². The van der Waals surface area contributed by atoms with Gasteiger partial charge in [0.15, 0.2) is 5.82 Å². The van der Waals surface area contributed by atoms with E-state index in [1.54, 1.807) is 6.07 Å². The van der Waals surface area contributed by atoms with Crippen LogP contribution in [0.1, 0.15) is 11.9 Å². The van der Waals surface area contributed by atoms with Crippen LogP contribution in [0.4, 0.5) is 5.82 Å². The largest absolute Gasteiger partial charge is 0.393 e. The maximum absolute atomic E-state index is 9.50. The van der Waals surface area contributed by atoms with E-state index in [9.17, 15) is 5.11 Å². The number of halogens is 1. The minimum atomic E-state index is -1.10. The molecule has 2 rings (SSSR count). The van der Waals surface area contributed by atoms with E-state index in [1.165, 1.54) is 0 Å². The summed E-state index contributed by atoms with van der Waals surface area (Å²) in [6, 6.07) is 1.64. The Labute approximate surface area is 104 Å². The smallest absolute Gasteiger partial charge is 0.163 e. The third-order valence-electron chi connectivity index (χ3n) is 2.50. The fraction of sp³-hybridized carbons (Fsp3) is 0.600. The summed E-state index contributed by atoms with van der Waals surface area (Å²) in [6.45, 7) is 2.30. The Morgan fingerprint density at radius 2 is 2.12 bits per heavy atom. The molecule has 1 aromatic heterocycles. The predicted molar refractivity (Wildman–Crippen MR) is 62.1 cm³/mol. The molecular weight excluding hydrogens is 246 g/mol. The second kappa shape index (κ2) is 5.59. The lowest BCUT2D eigenvalue weighted by Crippen LogP contribution is -2.37. The number of hydrogen-bond acceptors (Lipinski definition) is 6. The SMILES string of the molecule is OCC(O)c1nc(Cl)cc(N2CCOCC2)n1. The van der Waals surface area contributed by atoms with Crippen LogP contribution in [0.15, 0.2) is 6.07 Å². The molecule has 0 aromatic carbocycles. The molecular formula is C10H14ClN3O3. The number of aliphatic hydroxyl groups is 2. The van der Waals surface area contributed by atoms with Crippen molar-refractivity contribution in [3.05, 3.63) is 17.0 Å². The highest BCUT2D eigenvalue weighted by molar-refractivity contribution is 6.29. The minimum absolute atomic E-state index is 0.140. The van der Waals surface area contributed by atoms with Gasteiger partial charge < -0.3 is 19.8 Å². The second-order valence-corrected chi connectivity index (χ2v) is 4.09. The lowest BCUT2D eigenvalue weighted by Gasteiger charge is -2.28. The molecule has 1 aliphatic rings. The standard InChI is InChI=1S/C10H14ClN3O3/c11-8-5-9(14-1-3-17-4-2-14)13-10(12-8)7(16)6-15/h5,7,15-16H,1-4,6H2. The van der Waals surface area contributed by atoms with E-state index in [0.717, 1.165) is 13.1 Å². The van der Waals surface area contributed by atoms with E-state index >= 15 is 0 Å². The maximum atomic E-state index is 9.50. The van der Waals surface area contributed by atoms with Gasteiger partial charge in [0, 0.05) is 19.2 Å². The highest BCUT2D eigenvalue weighted by atomic mass is 35.5. The van der Waals surface area contributed by atoms with Crippen molar-refractivity contribution in [2.75, 3.05) is 37.8 Å². The Bertz CT molecular complexity index is 385. The van der Waals surface area contributed by atoms with Crippen LogP contribution in [-0.2, 0) is 4.74 Å². The van der Waals surface area contributed by atoms with Crippen molar-refractivity contribution < 1.29 is 14.9 Å². The lowest BCUT2D eigenvalue weighted by atomic mass is 10.3. The number of rotatable bonds is 3. The zero-order chi connectivity index (χ0) is 12.3. The normalized spacial score (nSPS) is 18.2. The minimum Gasteiger partial charge on any atom is -0.393 e. The zero-order valence-electron chi connectivity index (χ0n) is 9.21. The van der Waals surface area contributed by atoms with Crippen LogP contribution in [0.2, 0.25) is 5.15 Å². The van der Waals surface area contributed by atoms with Crippen molar-refractivity contribution in [3.63, 3.8) is 0 Å². The highest BCUT2D eigenvalue weighted by Gasteiger charge is 2.17. The van der Waals surface area contributed by atoms with Gasteiger partial charge in [-0.2, -0.15) is 0 Å². The molecule has 0 radical (unpaired) electrons. The quantitative estimate of drug-likeness (QED) is 0.744. The van der Waals surface area contributed by atoms with Gasteiger partial charge in [-0.25, -0.2) is 9.97 Å². The molecule has 0 amide bonds. The van der Waals surface area contributed by atoms with Gasteiger partial charge in [0.2, 0.25) is 0 Å². The molecule has 1 aliphatic heterocycles. The Hall–Kier alpha value is -0.950. The Balaban J connectivity index is 2.24. The molecule has 2 N–H and O–H groups in total. The molecule has 0 bridgehead atoms. The first kappa shape index (κ1) is 12.5. The highest BCUT2D eigenvalue weighted by Crippen LogP contribution is 2.19. The van der Waals surface area contributed by atoms with Crippen molar-refractivity contribution in [3.8, 4) is 0 Å². The molecule has 1 fully saturated rings. The van der Waals surface area contributed by atoms with Gasteiger partial charge in [-0.15, -0.1) is 0 Å². The number of hydrogen-bond donors (Lipinski definition) is 2. The Kier molecular flexibility index (Phi) is 4.11. The zero-order valence-corrected chi connectivity index (χ0v) is 9.97. The Morgan fingerprint density at radius 3 is 2.76 bits per heavy atom. The number of nitrogens with zero attached hydrogens (tertiary/aromatic N) is 3. The van der Waals surface area contributed by atoms with Gasteiger partial charge in [-0.3, -0.25) is 0 Å². The predicted octanol–water partition coefficient (Wildman–Crippen LogP) is -0.00770. The summed E-state index contributed by atoms with van der Waals surface area (Å²) < 4.78 is 5.24. The summed E-state index contributed by atoms with van der Waals surface area (Å²) in [5, 5.41) is 18.6. The molecule has 94 valence electrons. The fourth-order valence-electron chi connectivity index (χ4n) is 1.61. The number of anilines is 1. The van der Waals surface area contributed by atoms with Gasteiger partial charge in [0.25, 0.3) is 0 Å². The number of aromatic nitrogens is 2. The van der Waals surface area contributed by atoms with Gasteiger partial charge in [-0.1, -0.05) is 11.6 Å². The molecule has 7 heteroatoms. The maximum Gasteiger partial charge on any atom is 0.163 e. The first-order chi connectivity index (χ1) is 8.20. The molecule has 0 aliphatic carbocycles. The number of aliphatic hydroxyl groups excluding tert-OH is 2. The number of morpholine rings is 1. The van der Waals surface area contributed by atoms with Gasteiger partial charge in [0.1, 0.15) is 17.1 Å². The average molecular weight is 260 g/mol. The van der Waals surface area contributed by atoms with E-state index in [2.05, 4.69) is 9.97 Å². The first-order valence-electron chi connectivity index (χ1n) is 5.37. The van der Waals surface area contributed by atoms with Gasteiger partial charge >= 0.3 is 0 Å². The van der Waals surface area contributed by atoms with Crippen molar-refractivity contribution in [1.82, 2.24) is 9.97 Å². The average Bonchev–Trinajstić information content (AvgIpc) is 2.38. The van der Waals surface area contributed by atoms with Gasteiger partial charge in [0.05, 0.1) is 19.8 Å². The van der Waals surface area contributed by atoms with Crippen LogP contribution < -0.4 is 4.90 Å². The molecule has 0 spiro atoms. The molecule has 6 nitrogen and oxygen atoms in total. The molecule has 0 saturated carbocycles. The van der Waals surface area contributed by atoms with E-state index in [1.807, 2.05) is 4.90 Å². The molecule has 2 heterocycles. The van der Waals surface area contributed by atoms with E-state index in [0.29, 0.717) is 19.0 Å². The van der Waals surface area contributed by atoms with Crippen LogP contribution in [0.3, 0.4) is 0 Å². The molecule has 17 heavy (non-hydrogen) atoms. The van der Waals surface area contributed by atoms with Crippen molar-refractivity contribution in [1.29, 1.82) is 0 Å². The summed E-state index contributed by atoms with van der Waals surface area (Å²) in [5.41, 5.74) is 0. The molecule has 1 saturated heterocycles. The lowest BCUT2D eigenvalue weighted by molar-refractivity contribution is 0.0884. The van der Waals surface area contributed by atoms with Crippen LogP contribution in [-0.4, -0.2) is 53.1 Å². The molecule has 1 aromatic rings. The second-order valence-electron chi connectivity index (χ2n) is 3.70. The van der Waals surface area contributed by atoms with Crippen LogP contribution in [0.25, 0.3) is 0 Å². The topological polar surface area (TPSA) is 78.7 Å². The van der Waals surface area contributed by atoms with Gasteiger partial charge in [-0.05, 0) is 0 Å². The Morgan fingerprint density at radius 1 is 1.41 bits per heavy atom.